The third-order valence-electron chi connectivity index (χ3n) is 14.8. The van der Waals surface area contributed by atoms with E-state index in [9.17, 15) is 59.9 Å². The number of anilines is 5. The molecular weight excluding hydrogens is 1350 g/mol. The summed E-state index contributed by atoms with van der Waals surface area (Å²) in [6.07, 6.45) is -9.46. The second-order valence-corrected chi connectivity index (χ2v) is 25.3. The largest absolute Gasteiger partial charge is 0.465 e. The number of ether oxygens (including phenoxy) is 3. The lowest BCUT2D eigenvalue weighted by molar-refractivity contribution is -0.144. The Bertz CT molecular complexity index is 3900. The third-order valence-corrected chi connectivity index (χ3v) is 15.8. The van der Waals surface area contributed by atoms with E-state index in [1.54, 1.807) is 62.8 Å². The molecule has 6 aromatic rings. The molecule has 4 aromatic heterocycles. The van der Waals surface area contributed by atoms with E-state index in [2.05, 4.69) is 41.7 Å². The minimum absolute atomic E-state index is 0.000848. The molecule has 0 bridgehead atoms. The molecule has 0 radical (unpaired) electrons. The number of halogens is 9. The number of rotatable bonds is 14. The highest BCUT2D eigenvalue weighted by Gasteiger charge is 2.36. The van der Waals surface area contributed by atoms with Gasteiger partial charge in [-0.3, -0.25) is 28.9 Å². The van der Waals surface area contributed by atoms with E-state index >= 15 is 0 Å². The summed E-state index contributed by atoms with van der Waals surface area (Å²) in [5.74, 6) is -1.10. The Hall–Kier alpha value is -7.91. The van der Waals surface area contributed by atoms with E-state index in [1.165, 1.54) is 4.57 Å². The number of hydrogen-bond acceptors (Lipinski definition) is 18. The summed E-state index contributed by atoms with van der Waals surface area (Å²) in [6, 6.07) is 5.27. The number of fused-ring (bicyclic) bond motifs is 2. The topological polar surface area (TPSA) is 261 Å². The molecule has 3 aliphatic heterocycles. The van der Waals surface area contributed by atoms with Gasteiger partial charge in [-0.1, -0.05) is 37.0 Å². The molecule has 0 saturated carbocycles. The number of aromatic nitrogens is 8. The number of hydrogen-bond donors (Lipinski definition) is 2. The molecule has 2 N–H and O–H groups in total. The van der Waals surface area contributed by atoms with Crippen LogP contribution in [0.25, 0.3) is 11.6 Å². The Kier molecular flexibility index (Phi) is 21.9. The third kappa shape index (κ3) is 17.3. The minimum Gasteiger partial charge on any atom is -0.465 e. The van der Waals surface area contributed by atoms with Crippen LogP contribution in [0.2, 0.25) is 10.0 Å². The second-order valence-electron chi connectivity index (χ2n) is 23.8. The zero-order valence-electron chi connectivity index (χ0n) is 52.4. The molecule has 26 nitrogen and oxygen atoms in total. The Labute approximate surface area is 547 Å². The second kappa shape index (κ2) is 28.8. The fraction of sp³-hybridized carbons (Fsp3) is 0.534. The van der Waals surface area contributed by atoms with E-state index in [-0.39, 0.29) is 94.6 Å². The highest BCUT2D eigenvalue weighted by molar-refractivity contribution is 9.10. The monoisotopic (exact) mass is 1410 g/mol. The lowest BCUT2D eigenvalue weighted by atomic mass is 10.2. The van der Waals surface area contributed by atoms with Gasteiger partial charge in [0.25, 0.3) is 11.1 Å². The standard InChI is InChI=1S/C33H43ClF3N9O6.C25H28BrClF3N7O4/c1-6-24-27(42-14-16-44(17-15-42)31(50)52-32(3,4)5)28(49)46-30(39-29(40-46)43-12-10-41(11-13-43)20-26(48)51-7-2)45(24)19-25(47)38-23-9-8-21(18-22(23)34)33(35,36)37;1-5-17-19(34-8-10-35(11-9-34)23(40)41-24(2,3)4)20(39)37-22(32-21(26)33-37)36(17)13-18(38)31-16-7-6-14(12-15(16)27)25(28,29)30/h8-9,18H,6-7,10-17,19-20H2,1-5H3,(H,38,47);6-7,12H,5,8-11,13H2,1-4H3,(H,31,38). The maximum atomic E-state index is 14.2. The summed E-state index contributed by atoms with van der Waals surface area (Å²) in [6.45, 7) is 20.2. The van der Waals surface area contributed by atoms with E-state index in [0.717, 1.165) is 45.4 Å². The quantitative estimate of drug-likeness (QED) is 0.0593. The molecule has 35 heteroatoms. The first-order valence-corrected chi connectivity index (χ1v) is 31.2. The first kappa shape index (κ1) is 70.9. The van der Waals surface area contributed by atoms with Crippen molar-refractivity contribution < 1.29 is 64.5 Å². The summed E-state index contributed by atoms with van der Waals surface area (Å²) in [5.41, 5.74) is -2.56. The maximum absolute atomic E-state index is 14.2. The van der Waals surface area contributed by atoms with Crippen molar-refractivity contribution in [3.05, 3.63) is 94.4 Å². The minimum atomic E-state index is -4.61. The van der Waals surface area contributed by atoms with Crippen LogP contribution in [0, 0.1) is 0 Å². The molecule has 7 heterocycles. The highest BCUT2D eigenvalue weighted by Crippen LogP contribution is 2.36. The van der Waals surface area contributed by atoms with Gasteiger partial charge in [0, 0.05) is 78.5 Å². The van der Waals surface area contributed by atoms with Crippen LogP contribution >= 0.6 is 39.1 Å². The van der Waals surface area contributed by atoms with Crippen LogP contribution < -0.4 is 36.5 Å². The van der Waals surface area contributed by atoms with E-state index in [4.69, 9.17) is 42.4 Å². The van der Waals surface area contributed by atoms with Crippen molar-refractivity contribution in [1.82, 2.24) is 53.0 Å². The van der Waals surface area contributed by atoms with E-state index in [0.29, 0.717) is 95.4 Å². The van der Waals surface area contributed by atoms with Gasteiger partial charge in [0.2, 0.25) is 34.1 Å². The van der Waals surface area contributed by atoms with Crippen LogP contribution in [0.4, 0.5) is 64.6 Å². The van der Waals surface area contributed by atoms with Gasteiger partial charge in [-0.25, -0.2) is 9.59 Å². The van der Waals surface area contributed by atoms with Gasteiger partial charge in [0.15, 0.2) is 0 Å². The number of nitrogens with one attached hydrogen (secondary N) is 2. The molecule has 0 aliphatic carbocycles. The smallest absolute Gasteiger partial charge is 0.416 e. The number of nitrogens with zero attached hydrogens (tertiary/aromatic N) is 14. The fourth-order valence-electron chi connectivity index (χ4n) is 10.6. The lowest BCUT2D eigenvalue weighted by Crippen LogP contribution is -2.51. The zero-order valence-corrected chi connectivity index (χ0v) is 55.5. The van der Waals surface area contributed by atoms with Gasteiger partial charge in [0.05, 0.1) is 57.1 Å². The van der Waals surface area contributed by atoms with Crippen LogP contribution in [0.3, 0.4) is 0 Å². The SMILES string of the molecule is CCOC(=O)CN1CCN(c2nc3n(CC(=O)Nc4ccc(C(F)(F)F)cc4Cl)c(CC)c(N4CCN(C(=O)OC(C)(C)C)CC4)c(=O)n3n2)CC1.CCc1c(N2CCN(C(=O)OC(C)(C)C)CC2)c(=O)n2nc(Br)nc2n1CC(=O)Nc1ccc(C(F)(F)F)cc1Cl. The molecule has 93 heavy (non-hydrogen) atoms. The first-order chi connectivity index (χ1) is 43.6. The van der Waals surface area contributed by atoms with E-state index in [1.807, 2.05) is 33.4 Å². The summed E-state index contributed by atoms with van der Waals surface area (Å²) in [7, 11) is 0. The molecule has 3 aliphatic rings. The van der Waals surface area contributed by atoms with Crippen LogP contribution in [-0.2, 0) is 66.9 Å². The molecule has 3 fully saturated rings. The predicted molar refractivity (Wildman–Crippen MR) is 336 cm³/mol. The Morgan fingerprint density at radius 1 is 0.559 bits per heavy atom. The number of carbonyl (C=O) groups is 5. The number of benzene rings is 2. The van der Waals surface area contributed by atoms with E-state index < -0.39 is 69.8 Å². The highest BCUT2D eigenvalue weighted by atomic mass is 79.9. The predicted octanol–water partition coefficient (Wildman–Crippen LogP) is 8.09. The molecule has 3 saturated heterocycles. The normalized spacial score (nSPS) is 15.3. The van der Waals surface area contributed by atoms with Crippen molar-refractivity contribution >= 4 is 109 Å². The van der Waals surface area contributed by atoms with Gasteiger partial charge in [0.1, 0.15) is 35.7 Å². The Balaban J connectivity index is 0.000000246. The van der Waals surface area contributed by atoms with Crippen molar-refractivity contribution in [2.24, 2.45) is 0 Å². The first-order valence-electron chi connectivity index (χ1n) is 29.7. The number of piperazine rings is 3. The van der Waals surface area contributed by atoms with Crippen molar-refractivity contribution in [1.29, 1.82) is 0 Å². The summed E-state index contributed by atoms with van der Waals surface area (Å²) in [4.78, 5) is 111. The average Bonchev–Trinajstić information content (AvgIpc) is 1.69. The maximum Gasteiger partial charge on any atom is 0.416 e. The number of alkyl halides is 6. The van der Waals surface area contributed by atoms with Gasteiger partial charge < -0.3 is 58.5 Å². The van der Waals surface area contributed by atoms with Crippen molar-refractivity contribution in [2.45, 2.75) is 112 Å². The van der Waals surface area contributed by atoms with Gasteiger partial charge >= 0.3 is 30.5 Å². The molecule has 4 amide bonds. The summed E-state index contributed by atoms with van der Waals surface area (Å²) in [5, 5.41) is 13.3. The Morgan fingerprint density at radius 3 is 1.33 bits per heavy atom. The van der Waals surface area contributed by atoms with Gasteiger partial charge in [-0.05, 0) is 114 Å². The number of carbonyl (C=O) groups excluding carboxylic acids is 5. The Morgan fingerprint density at radius 2 is 0.957 bits per heavy atom. The van der Waals surface area contributed by atoms with Crippen molar-refractivity contribution in [3.63, 3.8) is 0 Å². The van der Waals surface area contributed by atoms with Gasteiger partial charge in [-0.2, -0.15) is 45.3 Å². The molecule has 0 spiro atoms. The molecule has 0 atom stereocenters. The summed E-state index contributed by atoms with van der Waals surface area (Å²) >= 11 is 15.3. The number of esters is 1. The molecule has 9 rings (SSSR count). The fourth-order valence-corrected chi connectivity index (χ4v) is 11.4. The zero-order chi connectivity index (χ0) is 68.2. The molecule has 506 valence electrons. The molecular formula is C58H71BrCl2F6N16O10. The van der Waals surface area contributed by atoms with Crippen molar-refractivity contribution in [3.8, 4) is 0 Å². The van der Waals surface area contributed by atoms with Gasteiger partial charge in [-0.15, -0.1) is 10.2 Å². The van der Waals surface area contributed by atoms with Crippen LogP contribution in [-0.4, -0.2) is 186 Å². The number of amides is 4. The summed E-state index contributed by atoms with van der Waals surface area (Å²) < 4.78 is 100. The average molecular weight is 1420 g/mol. The van der Waals surface area contributed by atoms with Crippen molar-refractivity contribution in [2.75, 3.05) is 117 Å². The molecule has 2 aromatic carbocycles. The van der Waals surface area contributed by atoms with Crippen LogP contribution in [0.15, 0.2) is 50.7 Å². The van der Waals surface area contributed by atoms with Crippen LogP contribution in [0.1, 0.15) is 84.8 Å². The van der Waals surface area contributed by atoms with Crippen LogP contribution in [0.5, 0.6) is 0 Å². The molecule has 0 unspecified atom stereocenters. The lowest BCUT2D eigenvalue weighted by Gasteiger charge is -2.37.